The third-order valence-electron chi connectivity index (χ3n) is 3.26. The Balaban J connectivity index is 0.00000154. The third-order valence-corrected chi connectivity index (χ3v) is 3.26. The van der Waals surface area contributed by atoms with Crippen LogP contribution in [0.25, 0.3) is 0 Å². The van der Waals surface area contributed by atoms with E-state index < -0.39 is 0 Å². The second-order valence-corrected chi connectivity index (χ2v) is 4.88. The molecule has 1 saturated carbocycles. The highest BCUT2D eigenvalue weighted by molar-refractivity contribution is 5.83. The lowest BCUT2D eigenvalue weighted by Gasteiger charge is -2.03. The van der Waals surface area contributed by atoms with Crippen molar-refractivity contribution in [1.82, 2.24) is 0 Å². The number of ketones is 1. The van der Waals surface area contributed by atoms with Crippen molar-refractivity contribution >= 4 is 11.8 Å². The fraction of sp³-hybridized carbons (Fsp3) is 0.750. The number of hydrogen-bond donors (Lipinski definition) is 0. The molecule has 0 aromatic carbocycles. The van der Waals surface area contributed by atoms with Crippen LogP contribution in [0.1, 0.15) is 59.3 Å². The van der Waals surface area contributed by atoms with Crippen molar-refractivity contribution in [3.63, 3.8) is 0 Å². The van der Waals surface area contributed by atoms with Gasteiger partial charge in [0.2, 0.25) is 0 Å². The molecular formula is C16H28O3. The molecule has 0 aromatic heterocycles. The first-order valence-electron chi connectivity index (χ1n) is 7.38. The van der Waals surface area contributed by atoms with Gasteiger partial charge in [0.15, 0.2) is 0 Å². The first kappa shape index (κ1) is 17.9. The molecule has 0 amide bonds. The summed E-state index contributed by atoms with van der Waals surface area (Å²) in [6.07, 6.45) is 8.97. The minimum atomic E-state index is -0.154. The van der Waals surface area contributed by atoms with Crippen molar-refractivity contribution in [2.75, 3.05) is 7.11 Å². The molecule has 3 heteroatoms. The van der Waals surface area contributed by atoms with Gasteiger partial charge in [0, 0.05) is 18.8 Å². The molecule has 0 saturated heterocycles. The molecule has 0 radical (unpaired) electrons. The van der Waals surface area contributed by atoms with Crippen LogP contribution in [0, 0.1) is 11.8 Å². The monoisotopic (exact) mass is 268 g/mol. The number of Topliss-reactive ketones (excluding diaryl/α,β-unsaturated/α-hetero) is 1. The molecule has 0 heterocycles. The minimum absolute atomic E-state index is 0.154. The summed E-state index contributed by atoms with van der Waals surface area (Å²) in [7, 11) is 1.41. The van der Waals surface area contributed by atoms with Crippen molar-refractivity contribution in [3.8, 4) is 0 Å². The molecule has 110 valence electrons. The van der Waals surface area contributed by atoms with E-state index in [0.29, 0.717) is 18.1 Å². The van der Waals surface area contributed by atoms with Crippen LogP contribution >= 0.6 is 0 Å². The van der Waals surface area contributed by atoms with E-state index >= 15 is 0 Å². The van der Waals surface area contributed by atoms with E-state index in [1.54, 1.807) is 0 Å². The number of hydrogen-bond acceptors (Lipinski definition) is 3. The highest BCUT2D eigenvalue weighted by Gasteiger charge is 2.28. The summed E-state index contributed by atoms with van der Waals surface area (Å²) in [6.45, 7) is 6.14. The average molecular weight is 268 g/mol. The Morgan fingerprint density at radius 2 is 2.05 bits per heavy atom. The standard InChI is InChI=1S/C14H22O3.C2H6/c1-11-9-12(13(15)10-11)7-5-3-4-6-8-14(16)17-2;1-2/h3,5,11-12H,4,6-10H2,1-2H3;1-2H3/b5-3-;/t11-,12+;/m0./s1. The van der Waals surface area contributed by atoms with Gasteiger partial charge >= 0.3 is 5.97 Å². The lowest BCUT2D eigenvalue weighted by Crippen LogP contribution is -2.04. The van der Waals surface area contributed by atoms with Crippen molar-refractivity contribution in [2.45, 2.75) is 59.3 Å². The normalized spacial score (nSPS) is 22.2. The Morgan fingerprint density at radius 3 is 2.58 bits per heavy atom. The predicted molar refractivity (Wildman–Crippen MR) is 77.9 cm³/mol. The molecule has 0 spiro atoms. The Morgan fingerprint density at radius 1 is 1.37 bits per heavy atom. The molecule has 0 N–H and O–H groups in total. The maximum Gasteiger partial charge on any atom is 0.305 e. The first-order valence-corrected chi connectivity index (χ1v) is 7.38. The van der Waals surface area contributed by atoms with E-state index in [-0.39, 0.29) is 11.9 Å². The Hall–Kier alpha value is -1.12. The molecule has 2 atom stereocenters. The lowest BCUT2D eigenvalue weighted by atomic mass is 10.0. The molecule has 0 bridgehead atoms. The first-order chi connectivity index (χ1) is 9.13. The maximum absolute atomic E-state index is 11.5. The van der Waals surface area contributed by atoms with Gasteiger partial charge in [0.05, 0.1) is 7.11 Å². The molecule has 1 aliphatic rings. The van der Waals surface area contributed by atoms with E-state index in [9.17, 15) is 9.59 Å². The summed E-state index contributed by atoms with van der Waals surface area (Å²) in [5.41, 5.74) is 0. The third kappa shape index (κ3) is 7.81. The fourth-order valence-electron chi connectivity index (χ4n) is 2.28. The van der Waals surface area contributed by atoms with Crippen LogP contribution < -0.4 is 0 Å². The fourth-order valence-corrected chi connectivity index (χ4v) is 2.28. The van der Waals surface area contributed by atoms with Crippen molar-refractivity contribution in [2.24, 2.45) is 11.8 Å². The second-order valence-electron chi connectivity index (χ2n) is 4.88. The number of esters is 1. The zero-order valence-electron chi connectivity index (χ0n) is 12.8. The van der Waals surface area contributed by atoms with Crippen LogP contribution in [0.2, 0.25) is 0 Å². The van der Waals surface area contributed by atoms with Gasteiger partial charge in [-0.1, -0.05) is 32.9 Å². The molecular weight excluding hydrogens is 240 g/mol. The topological polar surface area (TPSA) is 43.4 Å². The summed E-state index contributed by atoms with van der Waals surface area (Å²) in [4.78, 5) is 22.4. The predicted octanol–water partition coefficient (Wildman–Crippen LogP) is 3.92. The summed E-state index contributed by atoms with van der Waals surface area (Å²) in [5.74, 6) is 1.05. The van der Waals surface area contributed by atoms with Crippen molar-refractivity contribution in [3.05, 3.63) is 12.2 Å². The lowest BCUT2D eigenvalue weighted by molar-refractivity contribution is -0.140. The summed E-state index contributed by atoms with van der Waals surface area (Å²) in [6, 6.07) is 0. The molecule has 19 heavy (non-hydrogen) atoms. The highest BCUT2D eigenvalue weighted by Crippen LogP contribution is 2.29. The second kappa shape index (κ2) is 10.8. The van der Waals surface area contributed by atoms with Crippen LogP contribution in [-0.2, 0) is 14.3 Å². The number of ether oxygens (including phenoxy) is 1. The minimum Gasteiger partial charge on any atom is -0.469 e. The quantitative estimate of drug-likeness (QED) is 0.416. The Labute approximate surface area is 117 Å². The van der Waals surface area contributed by atoms with Crippen LogP contribution in [-0.4, -0.2) is 18.9 Å². The number of carbonyl (C=O) groups is 2. The summed E-state index contributed by atoms with van der Waals surface area (Å²) < 4.78 is 4.56. The zero-order chi connectivity index (χ0) is 14.7. The highest BCUT2D eigenvalue weighted by atomic mass is 16.5. The number of methoxy groups -OCH3 is 1. The van der Waals surface area contributed by atoms with E-state index in [2.05, 4.69) is 23.8 Å². The van der Waals surface area contributed by atoms with Gasteiger partial charge in [-0.15, -0.1) is 0 Å². The van der Waals surface area contributed by atoms with E-state index in [1.807, 2.05) is 13.8 Å². The van der Waals surface area contributed by atoms with Gasteiger partial charge in [-0.2, -0.15) is 0 Å². The molecule has 1 fully saturated rings. The number of allylic oxidation sites excluding steroid dienone is 2. The van der Waals surface area contributed by atoms with Gasteiger partial charge < -0.3 is 4.74 Å². The molecule has 0 unspecified atom stereocenters. The van der Waals surface area contributed by atoms with Crippen LogP contribution in [0.5, 0.6) is 0 Å². The molecule has 1 rings (SSSR count). The Kier molecular flexibility index (Phi) is 10.1. The van der Waals surface area contributed by atoms with E-state index in [0.717, 1.165) is 32.1 Å². The van der Waals surface area contributed by atoms with Crippen molar-refractivity contribution < 1.29 is 14.3 Å². The Bertz CT molecular complexity index is 294. The van der Waals surface area contributed by atoms with Gasteiger partial charge in [-0.05, 0) is 31.6 Å². The van der Waals surface area contributed by atoms with Gasteiger partial charge in [-0.3, -0.25) is 9.59 Å². The summed E-state index contributed by atoms with van der Waals surface area (Å²) in [5, 5.41) is 0. The van der Waals surface area contributed by atoms with Crippen LogP contribution in [0.3, 0.4) is 0 Å². The zero-order valence-corrected chi connectivity index (χ0v) is 12.8. The molecule has 3 nitrogen and oxygen atoms in total. The molecule has 0 aliphatic heterocycles. The average Bonchev–Trinajstić information content (AvgIpc) is 2.74. The molecule has 1 aliphatic carbocycles. The maximum atomic E-state index is 11.5. The number of carbonyl (C=O) groups excluding carboxylic acids is 2. The van der Waals surface area contributed by atoms with Crippen LogP contribution in [0.4, 0.5) is 0 Å². The van der Waals surface area contributed by atoms with Gasteiger partial charge in [0.1, 0.15) is 5.78 Å². The van der Waals surface area contributed by atoms with Crippen LogP contribution in [0.15, 0.2) is 12.2 Å². The largest absolute Gasteiger partial charge is 0.469 e. The summed E-state index contributed by atoms with van der Waals surface area (Å²) >= 11 is 0. The molecule has 0 aromatic rings. The van der Waals surface area contributed by atoms with Gasteiger partial charge in [-0.25, -0.2) is 0 Å². The van der Waals surface area contributed by atoms with E-state index in [4.69, 9.17) is 0 Å². The number of rotatable bonds is 6. The van der Waals surface area contributed by atoms with Gasteiger partial charge in [0.25, 0.3) is 0 Å². The van der Waals surface area contributed by atoms with E-state index in [1.165, 1.54) is 7.11 Å². The van der Waals surface area contributed by atoms with Crippen molar-refractivity contribution in [1.29, 1.82) is 0 Å². The smallest absolute Gasteiger partial charge is 0.305 e. The SMILES string of the molecule is CC.COC(=O)CCC/C=C\C[C@@H]1C[C@H](C)CC1=O. The number of unbranched alkanes of at least 4 members (excludes halogenated alkanes) is 1.